The van der Waals surface area contributed by atoms with Gasteiger partial charge in [-0.1, -0.05) is 20.8 Å². The van der Waals surface area contributed by atoms with Gasteiger partial charge in [0.1, 0.15) is 5.78 Å². The quantitative estimate of drug-likeness (QED) is 0.663. The summed E-state index contributed by atoms with van der Waals surface area (Å²) in [5, 5.41) is 3.37. The van der Waals surface area contributed by atoms with Gasteiger partial charge < -0.3 is 5.32 Å². The lowest BCUT2D eigenvalue weighted by molar-refractivity contribution is -0.118. The standard InChI is InChI=1S/C10H21NO/c1-5-10(12)7-6-9(4)11-8(2)3/h8-9,11H,5-7H2,1-4H3. The predicted octanol–water partition coefficient (Wildman–Crippen LogP) is 2.13. The maximum atomic E-state index is 11.0. The van der Waals surface area contributed by atoms with Crippen molar-refractivity contribution in [2.24, 2.45) is 0 Å². The lowest BCUT2D eigenvalue weighted by atomic mass is 10.1. The minimum atomic E-state index is 0.368. The van der Waals surface area contributed by atoms with E-state index < -0.39 is 0 Å². The fourth-order valence-electron chi connectivity index (χ4n) is 1.21. The maximum Gasteiger partial charge on any atom is 0.132 e. The van der Waals surface area contributed by atoms with Crippen molar-refractivity contribution in [1.82, 2.24) is 5.32 Å². The molecule has 1 unspecified atom stereocenters. The third-order valence-corrected chi connectivity index (χ3v) is 1.87. The Hall–Kier alpha value is -0.370. The number of rotatable bonds is 6. The van der Waals surface area contributed by atoms with E-state index in [0.717, 1.165) is 12.8 Å². The van der Waals surface area contributed by atoms with Crippen LogP contribution in [0.5, 0.6) is 0 Å². The molecule has 0 radical (unpaired) electrons. The number of carbonyl (C=O) groups excluding carboxylic acids is 1. The van der Waals surface area contributed by atoms with Crippen LogP contribution in [0, 0.1) is 0 Å². The van der Waals surface area contributed by atoms with E-state index >= 15 is 0 Å². The molecule has 0 saturated carbocycles. The molecule has 0 fully saturated rings. The zero-order valence-corrected chi connectivity index (χ0v) is 8.68. The van der Waals surface area contributed by atoms with Crippen molar-refractivity contribution in [3.63, 3.8) is 0 Å². The highest BCUT2D eigenvalue weighted by atomic mass is 16.1. The monoisotopic (exact) mass is 171 g/mol. The number of ketones is 1. The van der Waals surface area contributed by atoms with Crippen LogP contribution in [0.3, 0.4) is 0 Å². The van der Waals surface area contributed by atoms with Gasteiger partial charge in [-0.25, -0.2) is 0 Å². The van der Waals surface area contributed by atoms with Crippen LogP contribution < -0.4 is 5.32 Å². The summed E-state index contributed by atoms with van der Waals surface area (Å²) in [5.74, 6) is 0.368. The van der Waals surface area contributed by atoms with Crippen molar-refractivity contribution in [3.05, 3.63) is 0 Å². The second-order valence-corrected chi connectivity index (χ2v) is 3.65. The van der Waals surface area contributed by atoms with E-state index in [-0.39, 0.29) is 0 Å². The molecule has 0 rings (SSSR count). The van der Waals surface area contributed by atoms with Crippen LogP contribution >= 0.6 is 0 Å². The molecule has 1 atom stereocenters. The molecule has 0 saturated heterocycles. The highest BCUT2D eigenvalue weighted by Crippen LogP contribution is 2.00. The van der Waals surface area contributed by atoms with Crippen molar-refractivity contribution in [2.45, 2.75) is 59.0 Å². The van der Waals surface area contributed by atoms with Gasteiger partial charge in [0, 0.05) is 24.9 Å². The van der Waals surface area contributed by atoms with Crippen LogP contribution in [0.25, 0.3) is 0 Å². The van der Waals surface area contributed by atoms with E-state index in [9.17, 15) is 4.79 Å². The summed E-state index contributed by atoms with van der Waals surface area (Å²) in [6.07, 6.45) is 2.36. The SMILES string of the molecule is CCC(=O)CCC(C)NC(C)C. The van der Waals surface area contributed by atoms with Gasteiger partial charge in [0.2, 0.25) is 0 Å². The van der Waals surface area contributed by atoms with E-state index in [1.54, 1.807) is 0 Å². The molecule has 0 amide bonds. The largest absolute Gasteiger partial charge is 0.312 e. The first-order chi connectivity index (χ1) is 5.56. The van der Waals surface area contributed by atoms with Crippen molar-refractivity contribution in [1.29, 1.82) is 0 Å². The van der Waals surface area contributed by atoms with Gasteiger partial charge in [0.15, 0.2) is 0 Å². The summed E-state index contributed by atoms with van der Waals surface area (Å²) in [5.41, 5.74) is 0. The molecule has 2 nitrogen and oxygen atoms in total. The molecule has 0 heterocycles. The van der Waals surface area contributed by atoms with Gasteiger partial charge >= 0.3 is 0 Å². The summed E-state index contributed by atoms with van der Waals surface area (Å²) in [4.78, 5) is 11.0. The predicted molar refractivity (Wildman–Crippen MR) is 52.3 cm³/mol. The van der Waals surface area contributed by atoms with Gasteiger partial charge in [-0.15, -0.1) is 0 Å². The van der Waals surface area contributed by atoms with Gasteiger partial charge in [-0.3, -0.25) is 4.79 Å². The third-order valence-electron chi connectivity index (χ3n) is 1.87. The highest BCUT2D eigenvalue weighted by molar-refractivity contribution is 5.77. The van der Waals surface area contributed by atoms with Crippen LogP contribution in [-0.2, 0) is 4.79 Å². The molecule has 0 aliphatic carbocycles. The zero-order valence-electron chi connectivity index (χ0n) is 8.68. The van der Waals surface area contributed by atoms with E-state index in [0.29, 0.717) is 24.3 Å². The third kappa shape index (κ3) is 6.35. The topological polar surface area (TPSA) is 29.1 Å². The number of nitrogens with one attached hydrogen (secondary N) is 1. The second-order valence-electron chi connectivity index (χ2n) is 3.65. The molecule has 0 aliphatic heterocycles. The van der Waals surface area contributed by atoms with E-state index in [1.807, 2.05) is 6.92 Å². The van der Waals surface area contributed by atoms with Gasteiger partial charge in [0.05, 0.1) is 0 Å². The van der Waals surface area contributed by atoms with Gasteiger partial charge in [-0.05, 0) is 13.3 Å². The maximum absolute atomic E-state index is 11.0. The smallest absolute Gasteiger partial charge is 0.132 e. The van der Waals surface area contributed by atoms with Gasteiger partial charge in [-0.2, -0.15) is 0 Å². The van der Waals surface area contributed by atoms with Crippen molar-refractivity contribution in [3.8, 4) is 0 Å². The highest BCUT2D eigenvalue weighted by Gasteiger charge is 2.05. The number of hydrogen-bond donors (Lipinski definition) is 1. The number of hydrogen-bond acceptors (Lipinski definition) is 2. The van der Waals surface area contributed by atoms with E-state index in [1.165, 1.54) is 0 Å². The Labute approximate surface area is 75.7 Å². The van der Waals surface area contributed by atoms with Crippen molar-refractivity contribution in [2.75, 3.05) is 0 Å². The number of Topliss-reactive ketones (excluding diaryl/α,β-unsaturated/α-hetero) is 1. The van der Waals surface area contributed by atoms with Crippen LogP contribution in [0.4, 0.5) is 0 Å². The van der Waals surface area contributed by atoms with Crippen LogP contribution in [0.15, 0.2) is 0 Å². The fraction of sp³-hybridized carbons (Fsp3) is 0.900. The van der Waals surface area contributed by atoms with Gasteiger partial charge in [0.25, 0.3) is 0 Å². The van der Waals surface area contributed by atoms with Crippen molar-refractivity contribution < 1.29 is 4.79 Å². The minimum absolute atomic E-state index is 0.368. The Morgan fingerprint density at radius 1 is 1.33 bits per heavy atom. The van der Waals surface area contributed by atoms with E-state index in [4.69, 9.17) is 0 Å². The Bertz CT molecular complexity index is 132. The summed E-state index contributed by atoms with van der Waals surface area (Å²) < 4.78 is 0. The average molecular weight is 171 g/mol. The molecule has 0 aromatic rings. The molecule has 1 N–H and O–H groups in total. The molecule has 2 heteroatoms. The Morgan fingerprint density at radius 3 is 2.33 bits per heavy atom. The first-order valence-electron chi connectivity index (χ1n) is 4.84. The Morgan fingerprint density at radius 2 is 1.92 bits per heavy atom. The lowest BCUT2D eigenvalue weighted by Gasteiger charge is -2.15. The molecule has 12 heavy (non-hydrogen) atoms. The van der Waals surface area contributed by atoms with Crippen LogP contribution in [0.2, 0.25) is 0 Å². The van der Waals surface area contributed by atoms with Crippen LogP contribution in [0.1, 0.15) is 47.0 Å². The summed E-state index contributed by atoms with van der Waals surface area (Å²) in [6.45, 7) is 8.29. The molecular weight excluding hydrogens is 150 g/mol. The number of carbonyl (C=O) groups is 1. The normalized spacial score (nSPS) is 13.4. The summed E-state index contributed by atoms with van der Waals surface area (Å²) in [7, 11) is 0. The Kier molecular flexibility index (Phi) is 5.99. The molecule has 0 aromatic heterocycles. The molecular formula is C10H21NO. The fourth-order valence-corrected chi connectivity index (χ4v) is 1.21. The van der Waals surface area contributed by atoms with Crippen LogP contribution in [-0.4, -0.2) is 17.9 Å². The first kappa shape index (κ1) is 11.6. The summed E-state index contributed by atoms with van der Waals surface area (Å²) in [6, 6.07) is 0.970. The van der Waals surface area contributed by atoms with Crippen molar-refractivity contribution >= 4 is 5.78 Å². The molecule has 0 bridgehead atoms. The Balaban J connectivity index is 3.43. The lowest BCUT2D eigenvalue weighted by Crippen LogP contribution is -2.32. The molecule has 72 valence electrons. The first-order valence-corrected chi connectivity index (χ1v) is 4.84. The average Bonchev–Trinajstić information content (AvgIpc) is 1.99. The zero-order chi connectivity index (χ0) is 9.56. The summed E-state index contributed by atoms with van der Waals surface area (Å²) >= 11 is 0. The minimum Gasteiger partial charge on any atom is -0.312 e. The second kappa shape index (κ2) is 6.18. The van der Waals surface area contributed by atoms with E-state index in [2.05, 4.69) is 26.1 Å². The molecule has 0 aliphatic rings. The molecule has 0 spiro atoms. The molecule has 0 aromatic carbocycles.